The van der Waals surface area contributed by atoms with E-state index in [2.05, 4.69) is 0 Å². The number of hydrogen-bond acceptors (Lipinski definition) is 3. The van der Waals surface area contributed by atoms with Crippen LogP contribution in [0.4, 0.5) is 0 Å². The third-order valence-electron chi connectivity index (χ3n) is 2.04. The Hall–Kier alpha value is -1.10. The molecule has 1 aliphatic heterocycles. The number of carbonyl (C=O) groups excluding carboxylic acids is 1. The fraction of sp³-hybridized carbons (Fsp3) is 0.750. The Balaban J connectivity index is 2.29. The van der Waals surface area contributed by atoms with Gasteiger partial charge in [-0.25, -0.2) is 4.79 Å². The van der Waals surface area contributed by atoms with E-state index in [9.17, 15) is 9.59 Å². The summed E-state index contributed by atoms with van der Waals surface area (Å²) < 4.78 is 5.11. The zero-order valence-electron chi connectivity index (χ0n) is 7.74. The van der Waals surface area contributed by atoms with Crippen LogP contribution in [0, 0.1) is 0 Å². The summed E-state index contributed by atoms with van der Waals surface area (Å²) in [5.41, 5.74) is -0.468. The molecule has 0 radical (unpaired) electrons. The molecule has 0 aromatic heterocycles. The zero-order chi connectivity index (χ0) is 10.1. The van der Waals surface area contributed by atoms with E-state index >= 15 is 0 Å². The van der Waals surface area contributed by atoms with Crippen LogP contribution in [0.2, 0.25) is 0 Å². The molecular formula is C8H13NO4. The summed E-state index contributed by atoms with van der Waals surface area (Å²) >= 11 is 0. The van der Waals surface area contributed by atoms with Crippen LogP contribution in [0.15, 0.2) is 0 Å². The van der Waals surface area contributed by atoms with Crippen LogP contribution in [-0.4, -0.2) is 47.2 Å². The number of ether oxygens (including phenoxy) is 1. The Morgan fingerprint density at radius 1 is 1.54 bits per heavy atom. The number of hydrogen-bond donors (Lipinski definition) is 1. The van der Waals surface area contributed by atoms with E-state index < -0.39 is 11.6 Å². The van der Waals surface area contributed by atoms with E-state index in [-0.39, 0.29) is 12.5 Å². The highest BCUT2D eigenvalue weighted by Gasteiger charge is 2.41. The normalized spacial score (nSPS) is 19.4. The van der Waals surface area contributed by atoms with Gasteiger partial charge in [0.15, 0.2) is 0 Å². The summed E-state index contributed by atoms with van der Waals surface area (Å²) in [4.78, 5) is 22.6. The fourth-order valence-electron chi connectivity index (χ4n) is 1.31. The lowest BCUT2D eigenvalue weighted by Gasteiger charge is -2.46. The van der Waals surface area contributed by atoms with Gasteiger partial charge in [-0.3, -0.25) is 4.79 Å². The highest BCUT2D eigenvalue weighted by Crippen LogP contribution is 2.24. The van der Waals surface area contributed by atoms with Gasteiger partial charge in [-0.05, 0) is 6.92 Å². The smallest absolute Gasteiger partial charge is 0.329 e. The molecule has 5 nitrogen and oxygen atoms in total. The summed E-state index contributed by atoms with van der Waals surface area (Å²) in [6.45, 7) is 3.94. The second-order valence-electron chi connectivity index (χ2n) is 3.51. The number of carboxylic acid groups (broad SMARTS) is 1. The molecule has 1 aliphatic rings. The SMILES string of the molecule is CC(=O)N1CC(C)(OCC(=O)O)C1. The molecule has 1 fully saturated rings. The first-order valence-corrected chi connectivity index (χ1v) is 4.04. The Morgan fingerprint density at radius 2 is 2.08 bits per heavy atom. The Labute approximate surface area is 76.3 Å². The van der Waals surface area contributed by atoms with E-state index in [0.717, 1.165) is 0 Å². The predicted molar refractivity (Wildman–Crippen MR) is 44.2 cm³/mol. The molecule has 0 bridgehead atoms. The maximum atomic E-state index is 10.8. The van der Waals surface area contributed by atoms with Gasteiger partial charge < -0.3 is 14.7 Å². The lowest BCUT2D eigenvalue weighted by Crippen LogP contribution is -2.63. The number of likely N-dealkylation sites (tertiary alicyclic amines) is 1. The third kappa shape index (κ3) is 2.42. The van der Waals surface area contributed by atoms with E-state index in [1.807, 2.05) is 0 Å². The van der Waals surface area contributed by atoms with Gasteiger partial charge in [-0.15, -0.1) is 0 Å². The van der Waals surface area contributed by atoms with Crippen LogP contribution >= 0.6 is 0 Å². The quantitative estimate of drug-likeness (QED) is 0.659. The first kappa shape index (κ1) is 9.98. The summed E-state index contributed by atoms with van der Waals surface area (Å²) in [6.07, 6.45) is 0. The van der Waals surface area contributed by atoms with E-state index in [1.54, 1.807) is 11.8 Å². The van der Waals surface area contributed by atoms with Crippen LogP contribution in [0.25, 0.3) is 0 Å². The molecule has 0 unspecified atom stereocenters. The van der Waals surface area contributed by atoms with Crippen molar-refractivity contribution < 1.29 is 19.4 Å². The molecule has 0 aliphatic carbocycles. The Bertz CT molecular complexity index is 227. The summed E-state index contributed by atoms with van der Waals surface area (Å²) in [5, 5.41) is 8.37. The van der Waals surface area contributed by atoms with E-state index in [0.29, 0.717) is 13.1 Å². The van der Waals surface area contributed by atoms with Gasteiger partial charge in [0, 0.05) is 6.92 Å². The minimum absolute atomic E-state index is 0.00333. The average molecular weight is 187 g/mol. The maximum Gasteiger partial charge on any atom is 0.329 e. The number of amides is 1. The van der Waals surface area contributed by atoms with Gasteiger partial charge in [0.05, 0.1) is 13.1 Å². The Morgan fingerprint density at radius 3 is 2.46 bits per heavy atom. The molecule has 1 heterocycles. The van der Waals surface area contributed by atoms with Gasteiger partial charge >= 0.3 is 5.97 Å². The minimum atomic E-state index is -0.984. The summed E-state index contributed by atoms with van der Waals surface area (Å²) in [6, 6.07) is 0. The summed E-state index contributed by atoms with van der Waals surface area (Å²) in [5.74, 6) is -0.987. The third-order valence-corrected chi connectivity index (χ3v) is 2.04. The largest absolute Gasteiger partial charge is 0.480 e. The molecule has 0 aromatic rings. The molecule has 0 saturated carbocycles. The average Bonchev–Trinajstić information content (AvgIpc) is 1.95. The number of carboxylic acids is 1. The van der Waals surface area contributed by atoms with Gasteiger partial charge in [0.2, 0.25) is 5.91 Å². The second kappa shape index (κ2) is 3.33. The van der Waals surface area contributed by atoms with Gasteiger partial charge in [-0.2, -0.15) is 0 Å². The number of aliphatic carboxylic acids is 1. The van der Waals surface area contributed by atoms with Crippen molar-refractivity contribution in [2.24, 2.45) is 0 Å². The summed E-state index contributed by atoms with van der Waals surface area (Å²) in [7, 11) is 0. The van der Waals surface area contributed by atoms with Crippen molar-refractivity contribution in [1.82, 2.24) is 4.90 Å². The zero-order valence-corrected chi connectivity index (χ0v) is 7.74. The monoisotopic (exact) mass is 187 g/mol. The van der Waals surface area contributed by atoms with E-state index in [1.165, 1.54) is 6.92 Å². The lowest BCUT2D eigenvalue weighted by molar-refractivity contribution is -0.172. The van der Waals surface area contributed by atoms with Crippen molar-refractivity contribution in [2.75, 3.05) is 19.7 Å². The van der Waals surface area contributed by atoms with Crippen molar-refractivity contribution in [3.05, 3.63) is 0 Å². The van der Waals surface area contributed by atoms with Crippen LogP contribution in [0.5, 0.6) is 0 Å². The van der Waals surface area contributed by atoms with Crippen molar-refractivity contribution in [2.45, 2.75) is 19.4 Å². The molecule has 0 aromatic carbocycles. The highest BCUT2D eigenvalue weighted by atomic mass is 16.5. The fourth-order valence-corrected chi connectivity index (χ4v) is 1.31. The first-order chi connectivity index (χ1) is 5.93. The molecule has 1 amide bonds. The van der Waals surface area contributed by atoms with Crippen LogP contribution < -0.4 is 0 Å². The number of carbonyl (C=O) groups is 2. The maximum absolute atomic E-state index is 10.8. The molecule has 5 heteroatoms. The molecule has 74 valence electrons. The molecular weight excluding hydrogens is 174 g/mol. The van der Waals surface area contributed by atoms with Gasteiger partial charge in [0.1, 0.15) is 12.2 Å². The minimum Gasteiger partial charge on any atom is -0.480 e. The molecule has 13 heavy (non-hydrogen) atoms. The standard InChI is InChI=1S/C8H13NO4/c1-6(10)9-4-8(2,5-9)13-3-7(11)12/h3-5H2,1-2H3,(H,11,12). The van der Waals surface area contributed by atoms with Crippen molar-refractivity contribution in [3.8, 4) is 0 Å². The van der Waals surface area contributed by atoms with Gasteiger partial charge in [-0.1, -0.05) is 0 Å². The second-order valence-corrected chi connectivity index (χ2v) is 3.51. The molecule has 0 atom stereocenters. The van der Waals surface area contributed by atoms with Gasteiger partial charge in [0.25, 0.3) is 0 Å². The predicted octanol–water partition coefficient (Wildman–Crippen LogP) is -0.292. The number of nitrogens with zero attached hydrogens (tertiary/aromatic N) is 1. The molecule has 1 rings (SSSR count). The van der Waals surface area contributed by atoms with Crippen molar-refractivity contribution >= 4 is 11.9 Å². The molecule has 0 spiro atoms. The van der Waals surface area contributed by atoms with Crippen molar-refractivity contribution in [1.29, 1.82) is 0 Å². The van der Waals surface area contributed by atoms with Crippen molar-refractivity contribution in [3.63, 3.8) is 0 Å². The molecule has 1 saturated heterocycles. The topological polar surface area (TPSA) is 66.8 Å². The van der Waals surface area contributed by atoms with Crippen LogP contribution in [0.3, 0.4) is 0 Å². The first-order valence-electron chi connectivity index (χ1n) is 4.04. The van der Waals surface area contributed by atoms with Crippen LogP contribution in [-0.2, 0) is 14.3 Å². The Kier molecular flexibility index (Phi) is 2.56. The lowest BCUT2D eigenvalue weighted by atomic mass is 9.96. The number of rotatable bonds is 3. The molecule has 1 N–H and O–H groups in total. The van der Waals surface area contributed by atoms with E-state index in [4.69, 9.17) is 9.84 Å². The van der Waals surface area contributed by atoms with Crippen LogP contribution in [0.1, 0.15) is 13.8 Å². The highest BCUT2D eigenvalue weighted by molar-refractivity contribution is 5.74.